The van der Waals surface area contributed by atoms with Crippen molar-refractivity contribution >= 4 is 0 Å². The van der Waals surface area contributed by atoms with Crippen LogP contribution in [0.4, 0.5) is 0 Å². The van der Waals surface area contributed by atoms with Crippen LogP contribution < -0.4 is 5.32 Å². The molecule has 3 rings (SSSR count). The summed E-state index contributed by atoms with van der Waals surface area (Å²) in [6, 6.07) is 22.8. The highest BCUT2D eigenvalue weighted by molar-refractivity contribution is 5.22. The Morgan fingerprint density at radius 1 is 0.571 bits per heavy atom. The Morgan fingerprint density at radius 3 is 1.43 bits per heavy atom. The molecule has 1 N–H and O–H groups in total. The Balaban J connectivity index is 1.82. The van der Waals surface area contributed by atoms with Crippen LogP contribution in [-0.2, 0) is 0 Å². The zero-order valence-electron chi connectivity index (χ0n) is 12.7. The van der Waals surface area contributed by atoms with Crippen molar-refractivity contribution < 1.29 is 0 Å². The van der Waals surface area contributed by atoms with Crippen LogP contribution in [0.2, 0.25) is 0 Å². The maximum atomic E-state index is 3.93. The maximum Gasteiger partial charge on any atom is 0.0325 e. The van der Waals surface area contributed by atoms with Crippen molar-refractivity contribution in [2.45, 2.75) is 50.6 Å². The van der Waals surface area contributed by atoms with Crippen molar-refractivity contribution in [3.63, 3.8) is 0 Å². The molecule has 1 fully saturated rings. The molecule has 2 aromatic carbocycles. The van der Waals surface area contributed by atoms with E-state index in [-0.39, 0.29) is 0 Å². The lowest BCUT2D eigenvalue weighted by Crippen LogP contribution is -2.26. The summed E-state index contributed by atoms with van der Waals surface area (Å²) in [7, 11) is 0. The van der Waals surface area contributed by atoms with Crippen molar-refractivity contribution in [2.75, 3.05) is 0 Å². The summed E-state index contributed by atoms with van der Waals surface area (Å²) in [5.41, 5.74) is 2.86. The Kier molecular flexibility index (Phi) is 5.07. The molecule has 1 aliphatic rings. The summed E-state index contributed by atoms with van der Waals surface area (Å²) in [6.45, 7) is 0. The van der Waals surface area contributed by atoms with Gasteiger partial charge in [0.2, 0.25) is 0 Å². The van der Waals surface area contributed by atoms with Crippen LogP contribution in [0.1, 0.15) is 61.7 Å². The van der Waals surface area contributed by atoms with Crippen molar-refractivity contribution in [3.8, 4) is 0 Å². The lowest BCUT2D eigenvalue weighted by molar-refractivity contribution is 0.411. The lowest BCUT2D eigenvalue weighted by Gasteiger charge is -2.26. The van der Waals surface area contributed by atoms with Gasteiger partial charge in [0.1, 0.15) is 0 Å². The van der Waals surface area contributed by atoms with Crippen molar-refractivity contribution in [2.24, 2.45) is 0 Å². The second kappa shape index (κ2) is 7.42. The predicted molar refractivity (Wildman–Crippen MR) is 89.2 cm³/mol. The Labute approximate surface area is 128 Å². The van der Waals surface area contributed by atoms with Crippen LogP contribution in [0, 0.1) is 0 Å². The van der Waals surface area contributed by atoms with Crippen molar-refractivity contribution in [1.82, 2.24) is 5.32 Å². The first-order valence-corrected chi connectivity index (χ1v) is 8.29. The fraction of sp³-hybridized carbons (Fsp3) is 0.400. The van der Waals surface area contributed by atoms with E-state index in [1.807, 2.05) is 0 Å². The monoisotopic (exact) mass is 279 g/mol. The van der Waals surface area contributed by atoms with E-state index in [0.29, 0.717) is 12.1 Å². The van der Waals surface area contributed by atoms with Gasteiger partial charge in [0.25, 0.3) is 0 Å². The Morgan fingerprint density at radius 2 is 1.00 bits per heavy atom. The second-order valence-corrected chi connectivity index (χ2v) is 6.08. The summed E-state index contributed by atoms with van der Waals surface area (Å²) in [4.78, 5) is 0. The zero-order valence-corrected chi connectivity index (χ0v) is 12.7. The second-order valence-electron chi connectivity index (χ2n) is 6.08. The third-order valence-electron chi connectivity index (χ3n) is 4.54. The van der Waals surface area contributed by atoms with E-state index in [4.69, 9.17) is 0 Å². The van der Waals surface area contributed by atoms with E-state index in [9.17, 15) is 0 Å². The minimum absolute atomic E-state index is 0.481. The molecule has 1 aliphatic heterocycles. The minimum atomic E-state index is 0.481. The maximum absolute atomic E-state index is 3.93. The van der Waals surface area contributed by atoms with E-state index in [1.54, 1.807) is 0 Å². The van der Waals surface area contributed by atoms with Gasteiger partial charge in [0.15, 0.2) is 0 Å². The molecule has 0 amide bonds. The molecule has 2 unspecified atom stereocenters. The van der Waals surface area contributed by atoms with Crippen LogP contribution in [-0.4, -0.2) is 0 Å². The summed E-state index contributed by atoms with van der Waals surface area (Å²) in [6.07, 6.45) is 7.88. The fourth-order valence-electron chi connectivity index (χ4n) is 3.36. The predicted octanol–water partition coefficient (Wildman–Crippen LogP) is 5.41. The van der Waals surface area contributed by atoms with E-state index in [0.717, 1.165) is 0 Å². The van der Waals surface area contributed by atoms with Gasteiger partial charge in [-0.1, -0.05) is 86.3 Å². The first-order valence-electron chi connectivity index (χ1n) is 8.29. The Bertz CT molecular complexity index is 471. The van der Waals surface area contributed by atoms with Crippen molar-refractivity contribution in [3.05, 3.63) is 71.8 Å². The molecule has 110 valence electrons. The van der Waals surface area contributed by atoms with Gasteiger partial charge in [-0.3, -0.25) is 0 Å². The van der Waals surface area contributed by atoms with Gasteiger partial charge in [-0.05, 0) is 24.0 Å². The van der Waals surface area contributed by atoms with Gasteiger partial charge in [-0.25, -0.2) is 0 Å². The van der Waals surface area contributed by atoms with Gasteiger partial charge >= 0.3 is 0 Å². The van der Waals surface area contributed by atoms with E-state index >= 15 is 0 Å². The smallest absolute Gasteiger partial charge is 0.0325 e. The molecule has 0 spiro atoms. The molecule has 0 aliphatic carbocycles. The van der Waals surface area contributed by atoms with E-state index < -0.39 is 0 Å². The van der Waals surface area contributed by atoms with Crippen LogP contribution in [0.5, 0.6) is 0 Å². The summed E-state index contributed by atoms with van der Waals surface area (Å²) >= 11 is 0. The van der Waals surface area contributed by atoms with Crippen molar-refractivity contribution in [1.29, 1.82) is 0 Å². The molecule has 1 saturated heterocycles. The number of hydrogen-bond donors (Lipinski definition) is 1. The normalized spacial score (nSPS) is 23.8. The van der Waals surface area contributed by atoms with E-state index in [2.05, 4.69) is 66.0 Å². The van der Waals surface area contributed by atoms with Gasteiger partial charge in [-0.2, -0.15) is 0 Å². The minimum Gasteiger partial charge on any atom is -0.303 e. The molecular weight excluding hydrogens is 254 g/mol. The number of hydrogen-bond acceptors (Lipinski definition) is 1. The van der Waals surface area contributed by atoms with Gasteiger partial charge < -0.3 is 5.32 Å². The summed E-state index contributed by atoms with van der Waals surface area (Å²) in [5.74, 6) is 0. The van der Waals surface area contributed by atoms with Crippen LogP contribution in [0.3, 0.4) is 0 Å². The molecule has 1 heteroatoms. The number of rotatable bonds is 2. The molecule has 0 aromatic heterocycles. The molecule has 1 nitrogen and oxygen atoms in total. The highest BCUT2D eigenvalue weighted by Crippen LogP contribution is 2.29. The van der Waals surface area contributed by atoms with Gasteiger partial charge in [0, 0.05) is 12.1 Å². The van der Waals surface area contributed by atoms with E-state index in [1.165, 1.54) is 49.7 Å². The third kappa shape index (κ3) is 3.95. The highest BCUT2D eigenvalue weighted by atomic mass is 15.0. The fourth-order valence-corrected chi connectivity index (χ4v) is 3.36. The third-order valence-corrected chi connectivity index (χ3v) is 4.54. The highest BCUT2D eigenvalue weighted by Gasteiger charge is 2.19. The number of benzene rings is 2. The molecule has 2 aromatic rings. The molecule has 1 heterocycles. The first kappa shape index (κ1) is 14.3. The number of nitrogens with one attached hydrogen (secondary N) is 1. The molecule has 0 radical (unpaired) electrons. The summed E-state index contributed by atoms with van der Waals surface area (Å²) < 4.78 is 0. The molecule has 21 heavy (non-hydrogen) atoms. The largest absolute Gasteiger partial charge is 0.303 e. The summed E-state index contributed by atoms with van der Waals surface area (Å²) in [5, 5.41) is 3.93. The lowest BCUT2D eigenvalue weighted by atomic mass is 9.98. The first-order chi connectivity index (χ1) is 10.4. The SMILES string of the molecule is c1ccc(C2CCCCCCC(c3ccccc3)N2)cc1. The topological polar surface area (TPSA) is 12.0 Å². The molecule has 0 bridgehead atoms. The standard InChI is InChI=1S/C20H25N/c1-2-10-16-20(18-13-7-4-8-14-18)21-19(15-9-1)17-11-5-3-6-12-17/h3-8,11-14,19-21H,1-2,9-10,15-16H2. The van der Waals surface area contributed by atoms with Crippen LogP contribution >= 0.6 is 0 Å². The van der Waals surface area contributed by atoms with Gasteiger partial charge in [0.05, 0.1) is 0 Å². The quantitative estimate of drug-likeness (QED) is 0.774. The molecule has 2 atom stereocenters. The molecular formula is C20H25N. The van der Waals surface area contributed by atoms with Crippen LogP contribution in [0.15, 0.2) is 60.7 Å². The average molecular weight is 279 g/mol. The zero-order chi connectivity index (χ0) is 14.3. The Hall–Kier alpha value is -1.60. The average Bonchev–Trinajstić information content (AvgIpc) is 2.68. The molecule has 0 saturated carbocycles. The van der Waals surface area contributed by atoms with Gasteiger partial charge in [-0.15, -0.1) is 0 Å². The van der Waals surface area contributed by atoms with Crippen LogP contribution in [0.25, 0.3) is 0 Å².